The lowest BCUT2D eigenvalue weighted by Gasteiger charge is -2.13. The van der Waals surface area contributed by atoms with Crippen molar-refractivity contribution in [2.75, 3.05) is 0 Å². The molecule has 0 radical (unpaired) electrons. The quantitative estimate of drug-likeness (QED) is 0.746. The first-order valence-corrected chi connectivity index (χ1v) is 4.64. The summed E-state index contributed by atoms with van der Waals surface area (Å²) in [5, 5.41) is 18.8. The Morgan fingerprint density at radius 1 is 0.857 bits per heavy atom. The second kappa shape index (κ2) is 4.02. The molecule has 4 nitrogen and oxygen atoms in total. The maximum atomic E-state index is 9.39. The number of hydrogen-bond donors (Lipinski definition) is 2. The van der Waals surface area contributed by atoms with Gasteiger partial charge >= 0.3 is 0 Å². The van der Waals surface area contributed by atoms with Crippen LogP contribution in [0, 0.1) is 13.8 Å². The van der Waals surface area contributed by atoms with Crippen molar-refractivity contribution in [3.8, 4) is 0 Å². The first-order chi connectivity index (χ1) is 6.43. The Morgan fingerprint density at radius 2 is 1.14 bits per heavy atom. The smallest absolute Gasteiger partial charge is 0.0950 e. The van der Waals surface area contributed by atoms with E-state index in [4.69, 9.17) is 0 Å². The number of nitrogens with zero attached hydrogens (tertiary/aromatic N) is 2. The van der Waals surface area contributed by atoms with E-state index in [9.17, 15) is 10.2 Å². The number of rotatable bonds is 2. The average Bonchev–Trinajstić information content (AvgIpc) is 2.07. The van der Waals surface area contributed by atoms with E-state index in [1.807, 2.05) is 0 Å². The predicted octanol–water partition coefficient (Wildman–Crippen LogP) is 1.20. The number of aliphatic hydroxyl groups is 2. The molecule has 0 saturated carbocycles. The van der Waals surface area contributed by atoms with Gasteiger partial charge in [0.25, 0.3) is 0 Å². The molecule has 0 aliphatic carbocycles. The van der Waals surface area contributed by atoms with Crippen LogP contribution in [0.3, 0.4) is 0 Å². The molecule has 0 aromatic carbocycles. The summed E-state index contributed by atoms with van der Waals surface area (Å²) in [6.07, 6.45) is -1.24. The van der Waals surface area contributed by atoms with Gasteiger partial charge in [-0.3, -0.25) is 9.97 Å². The van der Waals surface area contributed by atoms with Crippen LogP contribution in [0.2, 0.25) is 0 Å². The van der Waals surface area contributed by atoms with E-state index < -0.39 is 12.2 Å². The van der Waals surface area contributed by atoms with Crippen molar-refractivity contribution in [2.24, 2.45) is 0 Å². The lowest BCUT2D eigenvalue weighted by atomic mass is 10.1. The van der Waals surface area contributed by atoms with E-state index in [0.29, 0.717) is 22.8 Å². The minimum atomic E-state index is -0.621. The highest BCUT2D eigenvalue weighted by molar-refractivity contribution is 5.21. The highest BCUT2D eigenvalue weighted by Gasteiger charge is 2.14. The maximum Gasteiger partial charge on any atom is 0.0950 e. The van der Waals surface area contributed by atoms with Gasteiger partial charge in [0.2, 0.25) is 0 Å². The molecule has 0 aliphatic heterocycles. The predicted molar refractivity (Wildman–Crippen MR) is 52.8 cm³/mol. The summed E-state index contributed by atoms with van der Waals surface area (Å²) in [5.41, 5.74) is 2.49. The number of aryl methyl sites for hydroxylation is 2. The minimum absolute atomic E-state index is 0.576. The van der Waals surface area contributed by atoms with Crippen molar-refractivity contribution in [1.82, 2.24) is 9.97 Å². The van der Waals surface area contributed by atoms with E-state index in [1.165, 1.54) is 0 Å². The monoisotopic (exact) mass is 196 g/mol. The lowest BCUT2D eigenvalue weighted by Crippen LogP contribution is -2.09. The minimum Gasteiger partial charge on any atom is -0.387 e. The van der Waals surface area contributed by atoms with Crippen molar-refractivity contribution < 1.29 is 10.2 Å². The molecule has 1 heterocycles. The standard InChI is InChI=1S/C10H16N2O2/c1-5-9(7(3)13)12-6(2)10(11-5)8(4)14/h7-8,13-14H,1-4H3. The highest BCUT2D eigenvalue weighted by Crippen LogP contribution is 2.18. The Balaban J connectivity index is 3.24. The summed E-state index contributed by atoms with van der Waals surface area (Å²) in [6, 6.07) is 0. The molecule has 0 bridgehead atoms. The summed E-state index contributed by atoms with van der Waals surface area (Å²) in [4.78, 5) is 8.44. The average molecular weight is 196 g/mol. The summed E-state index contributed by atoms with van der Waals surface area (Å²) in [7, 11) is 0. The fourth-order valence-electron chi connectivity index (χ4n) is 1.43. The molecular formula is C10H16N2O2. The van der Waals surface area contributed by atoms with Crippen LogP contribution in [-0.4, -0.2) is 20.2 Å². The maximum absolute atomic E-state index is 9.39. The molecule has 0 spiro atoms. The first-order valence-electron chi connectivity index (χ1n) is 4.64. The Morgan fingerprint density at radius 3 is 1.36 bits per heavy atom. The Bertz CT molecular complexity index is 301. The van der Waals surface area contributed by atoms with Gasteiger partial charge < -0.3 is 10.2 Å². The molecule has 2 N–H and O–H groups in total. The lowest BCUT2D eigenvalue weighted by molar-refractivity contribution is 0.184. The van der Waals surface area contributed by atoms with Gasteiger partial charge in [-0.25, -0.2) is 0 Å². The molecular weight excluding hydrogens is 180 g/mol. The molecule has 2 atom stereocenters. The number of hydrogen-bond acceptors (Lipinski definition) is 4. The third-order valence-corrected chi connectivity index (χ3v) is 2.11. The van der Waals surface area contributed by atoms with Crippen LogP contribution in [0.1, 0.15) is 48.8 Å². The van der Waals surface area contributed by atoms with Crippen LogP contribution in [0.5, 0.6) is 0 Å². The van der Waals surface area contributed by atoms with Crippen molar-refractivity contribution >= 4 is 0 Å². The zero-order valence-corrected chi connectivity index (χ0v) is 8.94. The van der Waals surface area contributed by atoms with Crippen molar-refractivity contribution in [1.29, 1.82) is 0 Å². The second-order valence-electron chi connectivity index (χ2n) is 3.52. The molecule has 1 aromatic heterocycles. The van der Waals surface area contributed by atoms with Gasteiger partial charge in [-0.15, -0.1) is 0 Å². The first kappa shape index (κ1) is 11.1. The zero-order chi connectivity index (χ0) is 10.9. The van der Waals surface area contributed by atoms with Crippen molar-refractivity contribution in [3.63, 3.8) is 0 Å². The molecule has 4 heteroatoms. The van der Waals surface area contributed by atoms with Crippen LogP contribution in [-0.2, 0) is 0 Å². The molecule has 0 saturated heterocycles. The molecule has 0 aliphatic rings. The van der Waals surface area contributed by atoms with Gasteiger partial charge in [-0.1, -0.05) is 0 Å². The van der Waals surface area contributed by atoms with Crippen LogP contribution in [0.4, 0.5) is 0 Å². The van der Waals surface area contributed by atoms with Crippen LogP contribution in [0.15, 0.2) is 0 Å². The van der Waals surface area contributed by atoms with E-state index in [-0.39, 0.29) is 0 Å². The molecule has 2 unspecified atom stereocenters. The van der Waals surface area contributed by atoms with E-state index in [0.717, 1.165) is 0 Å². The van der Waals surface area contributed by atoms with Gasteiger partial charge in [0, 0.05) is 0 Å². The van der Waals surface area contributed by atoms with Crippen molar-refractivity contribution in [3.05, 3.63) is 22.8 Å². The molecule has 1 aromatic rings. The SMILES string of the molecule is Cc1nc(C(C)O)c(C)nc1C(C)O. The van der Waals surface area contributed by atoms with Gasteiger partial charge in [0.1, 0.15) is 0 Å². The number of aromatic nitrogens is 2. The largest absolute Gasteiger partial charge is 0.387 e. The van der Waals surface area contributed by atoms with Crippen LogP contribution in [0.25, 0.3) is 0 Å². The molecule has 78 valence electrons. The third kappa shape index (κ3) is 2.08. The molecule has 1 rings (SSSR count). The summed E-state index contributed by atoms with van der Waals surface area (Å²) >= 11 is 0. The molecule has 0 fully saturated rings. The van der Waals surface area contributed by atoms with Gasteiger partial charge in [0.05, 0.1) is 35.0 Å². The fourth-order valence-corrected chi connectivity index (χ4v) is 1.43. The zero-order valence-electron chi connectivity index (χ0n) is 8.94. The number of aliphatic hydroxyl groups excluding tert-OH is 2. The Kier molecular flexibility index (Phi) is 3.18. The Hall–Kier alpha value is -1.00. The van der Waals surface area contributed by atoms with E-state index >= 15 is 0 Å². The summed E-state index contributed by atoms with van der Waals surface area (Å²) in [6.45, 7) is 6.86. The fraction of sp³-hybridized carbons (Fsp3) is 0.600. The summed E-state index contributed by atoms with van der Waals surface area (Å²) < 4.78 is 0. The topological polar surface area (TPSA) is 66.2 Å². The van der Waals surface area contributed by atoms with Gasteiger partial charge in [-0.2, -0.15) is 0 Å². The molecule has 14 heavy (non-hydrogen) atoms. The van der Waals surface area contributed by atoms with Crippen LogP contribution >= 0.6 is 0 Å². The van der Waals surface area contributed by atoms with Gasteiger partial charge in [-0.05, 0) is 27.7 Å². The Labute approximate surface area is 83.6 Å². The van der Waals surface area contributed by atoms with Crippen LogP contribution < -0.4 is 0 Å². The van der Waals surface area contributed by atoms with E-state index in [2.05, 4.69) is 9.97 Å². The normalized spacial score (nSPS) is 15.3. The molecule has 0 amide bonds. The second-order valence-corrected chi connectivity index (χ2v) is 3.52. The van der Waals surface area contributed by atoms with Gasteiger partial charge in [0.15, 0.2) is 0 Å². The van der Waals surface area contributed by atoms with Crippen molar-refractivity contribution in [2.45, 2.75) is 39.9 Å². The summed E-state index contributed by atoms with van der Waals surface area (Å²) in [5.74, 6) is 0. The third-order valence-electron chi connectivity index (χ3n) is 2.11. The highest BCUT2D eigenvalue weighted by atomic mass is 16.3. The van der Waals surface area contributed by atoms with E-state index in [1.54, 1.807) is 27.7 Å².